The van der Waals surface area contributed by atoms with Crippen LogP contribution in [-0.2, 0) is 15.4 Å². The van der Waals surface area contributed by atoms with Gasteiger partial charge in [-0.1, -0.05) is 26.0 Å². The van der Waals surface area contributed by atoms with E-state index in [1.54, 1.807) is 0 Å². The first-order valence-electron chi connectivity index (χ1n) is 9.27. The molecule has 2 heterocycles. The molecule has 2 aliphatic heterocycles. The van der Waals surface area contributed by atoms with Crippen molar-refractivity contribution in [2.75, 3.05) is 26.2 Å². The summed E-state index contributed by atoms with van der Waals surface area (Å²) in [6.45, 7) is 6.33. The first-order chi connectivity index (χ1) is 13.8. The Balaban J connectivity index is 2.11. The van der Waals surface area contributed by atoms with Gasteiger partial charge in [-0.2, -0.15) is 21.6 Å². The maximum absolute atomic E-state index is 12.8. The molecule has 1 aromatic carbocycles. The predicted molar refractivity (Wildman–Crippen MR) is 108 cm³/mol. The van der Waals surface area contributed by atoms with Gasteiger partial charge in [0, 0.05) is 42.4 Å². The molecule has 0 radical (unpaired) electrons. The van der Waals surface area contributed by atoms with E-state index >= 15 is 0 Å². The van der Waals surface area contributed by atoms with E-state index in [9.17, 15) is 21.6 Å². The quantitative estimate of drug-likeness (QED) is 0.697. The summed E-state index contributed by atoms with van der Waals surface area (Å²) in [7, 11) is -0.475. The summed E-state index contributed by atoms with van der Waals surface area (Å²) in [5, 5.41) is 0. The first-order valence-corrected chi connectivity index (χ1v) is 10.7. The fourth-order valence-electron chi connectivity index (χ4n) is 4.00. The van der Waals surface area contributed by atoms with Crippen molar-refractivity contribution in [3.05, 3.63) is 41.7 Å². The van der Waals surface area contributed by atoms with Crippen LogP contribution < -0.4 is 14.4 Å². The molecule has 3 rings (SSSR count). The Labute approximate surface area is 174 Å². The fourth-order valence-corrected chi connectivity index (χ4v) is 4.70. The van der Waals surface area contributed by atoms with Gasteiger partial charge in [0.05, 0.1) is 19.9 Å². The Morgan fingerprint density at radius 1 is 1.07 bits per heavy atom. The topological polar surface area (TPSA) is 59.1 Å². The molecule has 1 aromatic rings. The van der Waals surface area contributed by atoms with E-state index in [2.05, 4.69) is 25.7 Å². The molecular weight excluding hydrogens is 421 g/mol. The summed E-state index contributed by atoms with van der Waals surface area (Å²) in [5.74, 6) is 0.507. The van der Waals surface area contributed by atoms with Crippen LogP contribution in [0.3, 0.4) is 0 Å². The van der Waals surface area contributed by atoms with Crippen molar-refractivity contribution in [1.29, 1.82) is 0 Å². The minimum atomic E-state index is -5.48. The summed E-state index contributed by atoms with van der Waals surface area (Å²) < 4.78 is 73.2. The van der Waals surface area contributed by atoms with E-state index in [1.807, 2.05) is 13.1 Å². The van der Waals surface area contributed by atoms with Crippen molar-refractivity contribution in [1.82, 2.24) is 4.31 Å². The van der Waals surface area contributed by atoms with Crippen molar-refractivity contribution < 1.29 is 31.1 Å². The van der Waals surface area contributed by atoms with E-state index in [-0.39, 0.29) is 15.8 Å². The van der Waals surface area contributed by atoms with Crippen LogP contribution in [0.5, 0.6) is 11.5 Å². The molecule has 0 fully saturated rings. The molecule has 0 saturated carbocycles. The molecule has 0 amide bonds. The molecule has 2 aliphatic rings. The lowest BCUT2D eigenvalue weighted by atomic mass is 9.79. The number of alkyl halides is 3. The summed E-state index contributed by atoms with van der Waals surface area (Å²) in [5.41, 5.74) is -2.99. The van der Waals surface area contributed by atoms with Crippen LogP contribution in [0.15, 0.2) is 30.6 Å². The Kier molecular flexibility index (Phi) is 5.29. The van der Waals surface area contributed by atoms with Crippen LogP contribution in [0.1, 0.15) is 37.8 Å². The van der Waals surface area contributed by atoms with E-state index in [4.69, 9.17) is 9.47 Å². The largest absolute Gasteiger partial charge is 0.517 e. The highest BCUT2D eigenvalue weighted by molar-refractivity contribution is 7.90. The second-order valence-corrected chi connectivity index (χ2v) is 9.76. The van der Waals surface area contributed by atoms with Crippen molar-refractivity contribution in [2.24, 2.45) is 0 Å². The lowest BCUT2D eigenvalue weighted by Gasteiger charge is -2.28. The average molecular weight is 446 g/mol. The van der Waals surface area contributed by atoms with Crippen LogP contribution in [0.4, 0.5) is 18.9 Å². The molecule has 30 heavy (non-hydrogen) atoms. The summed E-state index contributed by atoms with van der Waals surface area (Å²) in [4.78, 5) is 2.12. The lowest BCUT2D eigenvalue weighted by Crippen LogP contribution is -2.36. The number of hydrogen-bond donors (Lipinski definition) is 0. The van der Waals surface area contributed by atoms with Crippen LogP contribution in [0.25, 0.3) is 0 Å². The Morgan fingerprint density at radius 2 is 1.60 bits per heavy atom. The third-order valence-electron chi connectivity index (χ3n) is 6.13. The van der Waals surface area contributed by atoms with Gasteiger partial charge in [-0.25, -0.2) is 4.31 Å². The van der Waals surface area contributed by atoms with E-state index in [0.717, 1.165) is 23.7 Å². The number of ether oxygens (including phenoxy) is 2. The van der Waals surface area contributed by atoms with Gasteiger partial charge in [-0.15, -0.1) is 0 Å². The monoisotopic (exact) mass is 446 g/mol. The summed E-state index contributed by atoms with van der Waals surface area (Å²) >= 11 is 0. The van der Waals surface area contributed by atoms with Crippen molar-refractivity contribution in [2.45, 2.75) is 43.7 Å². The number of fused-ring (bicyclic) bond motifs is 1. The summed E-state index contributed by atoms with van der Waals surface area (Å²) in [6.07, 6.45) is 4.60. The van der Waals surface area contributed by atoms with E-state index < -0.39 is 21.4 Å². The SMILES string of the molecule is COc1c(C2C=CN(S(=O)(=O)C(F)(F)F)C=C2)cc2c(c1OC)N(C)C(C)C2(C)C. The Hall–Kier alpha value is -2.36. The number of rotatable bonds is 4. The van der Waals surface area contributed by atoms with Crippen molar-refractivity contribution in [3.63, 3.8) is 0 Å². The van der Waals surface area contributed by atoms with E-state index in [0.29, 0.717) is 17.1 Å². The van der Waals surface area contributed by atoms with Gasteiger partial charge < -0.3 is 14.4 Å². The Morgan fingerprint density at radius 3 is 2.07 bits per heavy atom. The number of hydrogen-bond acceptors (Lipinski definition) is 5. The highest BCUT2D eigenvalue weighted by Crippen LogP contribution is 2.55. The molecule has 1 unspecified atom stereocenters. The third-order valence-corrected chi connectivity index (χ3v) is 7.51. The van der Waals surface area contributed by atoms with Gasteiger partial charge in [0.25, 0.3) is 0 Å². The van der Waals surface area contributed by atoms with Crippen LogP contribution in [0, 0.1) is 0 Å². The molecule has 0 aliphatic carbocycles. The number of sulfonamides is 1. The molecule has 0 saturated heterocycles. The predicted octanol–water partition coefficient (Wildman–Crippen LogP) is 4.10. The van der Waals surface area contributed by atoms with Crippen LogP contribution in [-0.4, -0.2) is 45.5 Å². The molecule has 0 N–H and O–H groups in total. The standard InChI is InChI=1S/C20H25F3N2O4S/c1-12-19(2,3)15-11-14(17(28-5)18(29-6)16(15)24(12)4)13-7-9-25(10-8-13)30(26,27)20(21,22)23/h7-13H,1-6H3. The van der Waals surface area contributed by atoms with Gasteiger partial charge in [0.1, 0.15) is 0 Å². The number of allylic oxidation sites excluding steroid dienone is 2. The van der Waals surface area contributed by atoms with E-state index in [1.165, 1.54) is 26.4 Å². The van der Waals surface area contributed by atoms with Gasteiger partial charge in [-0.05, 0) is 18.6 Å². The molecule has 10 heteroatoms. The maximum Gasteiger partial charge on any atom is 0.517 e. The second-order valence-electron chi connectivity index (χ2n) is 7.93. The van der Waals surface area contributed by atoms with Crippen LogP contribution >= 0.6 is 0 Å². The number of anilines is 1. The number of benzene rings is 1. The fraction of sp³-hybridized carbons (Fsp3) is 0.500. The molecule has 0 bridgehead atoms. The molecule has 1 atom stereocenters. The maximum atomic E-state index is 12.8. The number of methoxy groups -OCH3 is 2. The highest BCUT2D eigenvalue weighted by Gasteiger charge is 2.49. The molecule has 166 valence electrons. The number of halogens is 3. The minimum Gasteiger partial charge on any atom is -0.492 e. The van der Waals surface area contributed by atoms with Gasteiger partial charge in [0.2, 0.25) is 0 Å². The number of likely N-dealkylation sites (N-methyl/N-ethyl adjacent to an activating group) is 1. The van der Waals surface area contributed by atoms with Crippen molar-refractivity contribution >= 4 is 15.7 Å². The van der Waals surface area contributed by atoms with Gasteiger partial charge in [-0.3, -0.25) is 0 Å². The molecule has 6 nitrogen and oxygen atoms in total. The van der Waals surface area contributed by atoms with Crippen molar-refractivity contribution in [3.8, 4) is 11.5 Å². The minimum absolute atomic E-state index is 0.167. The zero-order chi connectivity index (χ0) is 22.6. The van der Waals surface area contributed by atoms with Crippen LogP contribution in [0.2, 0.25) is 0 Å². The normalized spacial score (nSPS) is 21.2. The number of nitrogens with zero attached hydrogens (tertiary/aromatic N) is 2. The second kappa shape index (κ2) is 7.11. The lowest BCUT2D eigenvalue weighted by molar-refractivity contribution is -0.0468. The summed E-state index contributed by atoms with van der Waals surface area (Å²) in [6, 6.07) is 2.13. The zero-order valence-electron chi connectivity index (χ0n) is 17.6. The van der Waals surface area contributed by atoms with Gasteiger partial charge >= 0.3 is 15.5 Å². The molecule has 0 spiro atoms. The average Bonchev–Trinajstić information content (AvgIpc) is 2.86. The third kappa shape index (κ3) is 3.12. The zero-order valence-corrected chi connectivity index (χ0v) is 18.4. The molecular formula is C20H25F3N2O4S. The smallest absolute Gasteiger partial charge is 0.492 e. The van der Waals surface area contributed by atoms with Gasteiger partial charge in [0.15, 0.2) is 11.5 Å². The molecule has 0 aromatic heterocycles. The highest BCUT2D eigenvalue weighted by atomic mass is 32.2. The Bertz CT molecular complexity index is 1000. The first kappa shape index (κ1) is 22.3.